The van der Waals surface area contributed by atoms with Gasteiger partial charge in [0.15, 0.2) is 5.75 Å². The van der Waals surface area contributed by atoms with E-state index in [9.17, 15) is 22.9 Å². The normalized spacial score (nSPS) is 12.7. The number of carbonyl (C=O) groups excluding carboxylic acids is 2. The standard InChI is InChI=1S/C31H38N3O6PS2/c1-24(35)33-29(31(2,3)42-34-37)30(36)32-22-14-7-15-23-41(25-16-8-5-9-17-25,26-18-10-6-11-19-26)28-21-13-12-20-27(28)40-43(4,38)39/h5-6,8-13,16-21,29H,7,14-15,22-23H2,1-4H3,(H-,32,33,35,36)/p+1. The van der Waals surface area contributed by atoms with Gasteiger partial charge in [-0.3, -0.25) is 9.59 Å². The smallest absolute Gasteiger partial charge is 0.306 e. The highest BCUT2D eigenvalue weighted by Crippen LogP contribution is 2.57. The second kappa shape index (κ2) is 15.5. The first-order valence-electron chi connectivity index (χ1n) is 13.9. The van der Waals surface area contributed by atoms with E-state index in [0.717, 1.165) is 41.2 Å². The van der Waals surface area contributed by atoms with Gasteiger partial charge in [0.25, 0.3) is 0 Å². The number of nitrogens with one attached hydrogen (secondary N) is 2. The van der Waals surface area contributed by atoms with E-state index in [0.29, 0.717) is 30.7 Å². The fourth-order valence-electron chi connectivity index (χ4n) is 5.05. The number of benzene rings is 3. The topological polar surface area (TPSA) is 131 Å². The Balaban J connectivity index is 1.85. The van der Waals surface area contributed by atoms with Crippen LogP contribution < -0.4 is 30.7 Å². The lowest BCUT2D eigenvalue weighted by molar-refractivity contribution is -0.128. The number of rotatable bonds is 16. The molecule has 9 nitrogen and oxygen atoms in total. The number of carbonyl (C=O) groups is 2. The predicted octanol–water partition coefficient (Wildman–Crippen LogP) is 4.30. The highest BCUT2D eigenvalue weighted by molar-refractivity contribution is 7.99. The molecule has 12 heteroatoms. The van der Waals surface area contributed by atoms with Crippen molar-refractivity contribution in [3.63, 3.8) is 0 Å². The minimum absolute atomic E-state index is 0.326. The SMILES string of the molecule is CC(=O)NC(C(=O)NCCCCC[P+](c1ccccc1)(c1ccccc1)c1ccccc1OS(C)(=O)=O)C(C)(C)SN=O. The molecule has 3 aromatic carbocycles. The van der Waals surface area contributed by atoms with Crippen molar-refractivity contribution in [3.05, 3.63) is 89.8 Å². The number of hydrogen-bond acceptors (Lipinski definition) is 8. The third kappa shape index (κ3) is 9.36. The van der Waals surface area contributed by atoms with Gasteiger partial charge in [0.2, 0.25) is 11.8 Å². The Morgan fingerprint density at radius 2 is 1.47 bits per heavy atom. The van der Waals surface area contributed by atoms with Crippen LogP contribution in [-0.4, -0.2) is 50.0 Å². The highest BCUT2D eigenvalue weighted by atomic mass is 32.2. The van der Waals surface area contributed by atoms with Crippen molar-refractivity contribution < 1.29 is 22.2 Å². The number of unbranched alkanes of at least 4 members (excludes halogenated alkanes) is 2. The molecule has 0 bridgehead atoms. The van der Waals surface area contributed by atoms with Crippen molar-refractivity contribution in [1.29, 1.82) is 0 Å². The molecule has 3 rings (SSSR count). The Kier molecular flexibility index (Phi) is 12.3. The zero-order valence-electron chi connectivity index (χ0n) is 24.9. The molecule has 1 atom stereocenters. The van der Waals surface area contributed by atoms with Gasteiger partial charge < -0.3 is 14.8 Å². The molecule has 0 aliphatic heterocycles. The molecular formula is C31H39N3O6PS2+. The number of hydrogen-bond donors (Lipinski definition) is 2. The lowest BCUT2D eigenvalue weighted by atomic mass is 10.0. The van der Waals surface area contributed by atoms with Gasteiger partial charge >= 0.3 is 10.1 Å². The summed E-state index contributed by atoms with van der Waals surface area (Å²) < 4.78 is 32.0. The van der Waals surface area contributed by atoms with Crippen molar-refractivity contribution in [3.8, 4) is 5.75 Å². The maximum absolute atomic E-state index is 13.0. The molecule has 2 N–H and O–H groups in total. The summed E-state index contributed by atoms with van der Waals surface area (Å²) in [5, 5.41) is 8.60. The Bertz CT molecular complexity index is 1450. The fourth-order valence-corrected chi connectivity index (χ4v) is 10.6. The quantitative estimate of drug-likeness (QED) is 0.0782. The molecule has 0 radical (unpaired) electrons. The Labute approximate surface area is 259 Å². The van der Waals surface area contributed by atoms with Crippen LogP contribution in [-0.2, 0) is 19.7 Å². The molecule has 0 spiro atoms. The number of nitrogens with zero attached hydrogens (tertiary/aromatic N) is 1. The van der Waals surface area contributed by atoms with E-state index < -0.39 is 28.2 Å². The minimum Gasteiger partial charge on any atom is -0.378 e. The molecule has 0 saturated carbocycles. The molecule has 0 aromatic heterocycles. The summed E-state index contributed by atoms with van der Waals surface area (Å²) in [6.07, 6.45) is 4.07. The van der Waals surface area contributed by atoms with Crippen molar-refractivity contribution >= 4 is 57.1 Å². The van der Waals surface area contributed by atoms with Crippen LogP contribution in [0.2, 0.25) is 0 Å². The average Bonchev–Trinajstić information content (AvgIpc) is 2.96. The lowest BCUT2D eigenvalue weighted by Gasteiger charge is -2.30. The van der Waals surface area contributed by atoms with Gasteiger partial charge in [-0.2, -0.15) is 8.42 Å². The number of para-hydroxylation sites is 1. The number of amides is 2. The predicted molar refractivity (Wildman–Crippen MR) is 177 cm³/mol. The molecule has 2 amide bonds. The van der Waals surface area contributed by atoms with E-state index in [1.54, 1.807) is 26.0 Å². The number of nitroso groups, excluding NO2 is 1. The van der Waals surface area contributed by atoms with Gasteiger partial charge in [-0.15, -0.1) is 4.91 Å². The molecule has 43 heavy (non-hydrogen) atoms. The molecule has 230 valence electrons. The van der Waals surface area contributed by atoms with E-state index in [1.165, 1.54) is 6.92 Å². The van der Waals surface area contributed by atoms with Crippen molar-refractivity contribution in [2.45, 2.75) is 50.8 Å². The van der Waals surface area contributed by atoms with Gasteiger partial charge in [-0.1, -0.05) is 48.5 Å². The first-order valence-corrected chi connectivity index (χ1v) is 18.5. The average molecular weight is 645 g/mol. The van der Waals surface area contributed by atoms with Crippen molar-refractivity contribution in [2.75, 3.05) is 19.0 Å². The minimum atomic E-state index is -3.77. The summed E-state index contributed by atoms with van der Waals surface area (Å²) >= 11 is 0.710. The van der Waals surface area contributed by atoms with Gasteiger partial charge in [-0.05, 0) is 69.5 Å². The van der Waals surface area contributed by atoms with E-state index in [-0.39, 0.29) is 11.8 Å². The lowest BCUT2D eigenvalue weighted by Crippen LogP contribution is -2.56. The molecule has 0 fully saturated rings. The molecule has 0 aliphatic rings. The highest BCUT2D eigenvalue weighted by Gasteiger charge is 2.47. The molecule has 3 aromatic rings. The largest absolute Gasteiger partial charge is 0.378 e. The van der Waals surface area contributed by atoms with Crippen molar-refractivity contribution in [2.24, 2.45) is 4.58 Å². The van der Waals surface area contributed by atoms with Gasteiger partial charge in [0.1, 0.15) is 29.2 Å². The van der Waals surface area contributed by atoms with E-state index >= 15 is 0 Å². The van der Waals surface area contributed by atoms with Gasteiger partial charge in [0, 0.05) is 30.0 Å². The van der Waals surface area contributed by atoms with Gasteiger partial charge in [0.05, 0.1) is 17.2 Å². The monoisotopic (exact) mass is 644 g/mol. The van der Waals surface area contributed by atoms with Crippen molar-refractivity contribution in [1.82, 2.24) is 10.6 Å². The Hall–Kier alpha value is -3.27. The summed E-state index contributed by atoms with van der Waals surface area (Å²) in [7, 11) is -6.14. The molecule has 1 unspecified atom stereocenters. The third-order valence-electron chi connectivity index (χ3n) is 6.96. The molecule has 0 heterocycles. The van der Waals surface area contributed by atoms with Crippen LogP contribution in [0.15, 0.2) is 89.5 Å². The van der Waals surface area contributed by atoms with E-state index in [4.69, 9.17) is 4.18 Å². The van der Waals surface area contributed by atoms with E-state index in [2.05, 4.69) is 39.5 Å². The fraction of sp³-hybridized carbons (Fsp3) is 0.355. The van der Waals surface area contributed by atoms with Crippen LogP contribution in [0.1, 0.15) is 40.0 Å². The summed E-state index contributed by atoms with van der Waals surface area (Å²) in [4.78, 5) is 35.6. The second-order valence-electron chi connectivity index (χ2n) is 10.7. The third-order valence-corrected chi connectivity index (χ3v) is 12.8. The first kappa shape index (κ1) is 34.2. The van der Waals surface area contributed by atoms with Crippen LogP contribution in [0.4, 0.5) is 0 Å². The molecule has 0 aliphatic carbocycles. The van der Waals surface area contributed by atoms with Crippen LogP contribution in [0, 0.1) is 4.91 Å². The van der Waals surface area contributed by atoms with Crippen LogP contribution in [0.5, 0.6) is 5.75 Å². The Morgan fingerprint density at radius 3 is 2.00 bits per heavy atom. The van der Waals surface area contributed by atoms with Crippen LogP contribution in [0.3, 0.4) is 0 Å². The maximum Gasteiger partial charge on any atom is 0.306 e. The first-order chi connectivity index (χ1) is 20.4. The summed E-state index contributed by atoms with van der Waals surface area (Å²) in [6.45, 7) is 5.07. The molecular weight excluding hydrogens is 605 g/mol. The molecule has 0 saturated heterocycles. The zero-order chi connectivity index (χ0) is 31.5. The summed E-state index contributed by atoms with van der Waals surface area (Å²) in [5.74, 6) is -0.423. The second-order valence-corrected chi connectivity index (χ2v) is 17.3. The van der Waals surface area contributed by atoms with Crippen LogP contribution in [0.25, 0.3) is 0 Å². The summed E-state index contributed by atoms with van der Waals surface area (Å²) in [5.41, 5.74) is 0. The maximum atomic E-state index is 13.0. The van der Waals surface area contributed by atoms with Gasteiger partial charge in [-0.25, -0.2) is 0 Å². The Morgan fingerprint density at radius 1 is 0.907 bits per heavy atom. The summed E-state index contributed by atoms with van der Waals surface area (Å²) in [6, 6.07) is 26.7. The van der Waals surface area contributed by atoms with Crippen LogP contribution >= 0.6 is 19.2 Å². The van der Waals surface area contributed by atoms with E-state index in [1.807, 2.05) is 48.5 Å². The zero-order valence-corrected chi connectivity index (χ0v) is 27.4.